The lowest BCUT2D eigenvalue weighted by Gasteiger charge is -2.44. The number of likely N-dealkylation sites (N-methyl/N-ethyl adjacent to an activating group) is 1. The number of para-hydroxylation sites is 2. The number of anilines is 2. The van der Waals surface area contributed by atoms with E-state index in [0.717, 1.165) is 5.56 Å². The number of nitrogens with one attached hydrogen (secondary N) is 1. The molecular formula is C20H24F3N3O. The van der Waals surface area contributed by atoms with Gasteiger partial charge in [-0.3, -0.25) is 0 Å². The van der Waals surface area contributed by atoms with E-state index in [0.29, 0.717) is 24.5 Å². The molecule has 0 spiro atoms. The molecule has 0 saturated heterocycles. The summed E-state index contributed by atoms with van der Waals surface area (Å²) in [7, 11) is 1.76. The van der Waals surface area contributed by atoms with Gasteiger partial charge in [0.1, 0.15) is 6.54 Å². The van der Waals surface area contributed by atoms with Gasteiger partial charge >= 0.3 is 6.18 Å². The Bertz CT molecular complexity index is 739. The van der Waals surface area contributed by atoms with E-state index in [9.17, 15) is 18.3 Å². The van der Waals surface area contributed by atoms with Crippen LogP contribution >= 0.6 is 0 Å². The molecule has 0 fully saturated rings. The molecule has 0 unspecified atom stereocenters. The second-order valence-electron chi connectivity index (χ2n) is 6.70. The Morgan fingerprint density at radius 2 is 1.63 bits per heavy atom. The molecule has 0 amide bonds. The largest absolute Gasteiger partial charge is 0.405 e. The highest BCUT2D eigenvalue weighted by atomic mass is 19.4. The number of nitrogens with zero attached hydrogens (tertiary/aromatic N) is 2. The van der Waals surface area contributed by atoms with E-state index in [-0.39, 0.29) is 12.6 Å². The van der Waals surface area contributed by atoms with Crippen LogP contribution in [0.2, 0.25) is 0 Å². The molecule has 2 N–H and O–H groups in total. The van der Waals surface area contributed by atoms with Crippen LogP contribution in [0.1, 0.15) is 11.6 Å². The topological polar surface area (TPSA) is 38.7 Å². The predicted octanol–water partition coefficient (Wildman–Crippen LogP) is 3.20. The maximum atomic E-state index is 13.0. The monoisotopic (exact) mass is 379 g/mol. The summed E-state index contributed by atoms with van der Waals surface area (Å²) in [6.07, 6.45) is -4.97. The highest BCUT2D eigenvalue weighted by Crippen LogP contribution is 2.40. The summed E-state index contributed by atoms with van der Waals surface area (Å²) in [5, 5.41) is 13.8. The molecule has 2 aromatic rings. The van der Waals surface area contributed by atoms with Crippen LogP contribution in [0.3, 0.4) is 0 Å². The lowest BCUT2D eigenvalue weighted by atomic mass is 9.97. The standard InChI is InChI=1S/C20H24F3N3O/c1-24-13-18(27)19(15-7-3-2-4-8-15)26-12-11-25(14-20(21,22)23)16-9-5-6-10-17(16)26/h2-10,18-19,24,27H,11-14H2,1H3/t18-,19+/m1/s1. The molecule has 3 rings (SSSR count). The molecule has 27 heavy (non-hydrogen) atoms. The third-order valence-electron chi connectivity index (χ3n) is 4.77. The summed E-state index contributed by atoms with van der Waals surface area (Å²) in [5.74, 6) is 0. The van der Waals surface area contributed by atoms with Crippen molar-refractivity contribution in [3.05, 3.63) is 60.2 Å². The molecule has 2 aromatic carbocycles. The minimum Gasteiger partial charge on any atom is -0.389 e. The Hall–Kier alpha value is -2.25. The molecule has 0 saturated carbocycles. The van der Waals surface area contributed by atoms with Crippen LogP contribution in [0.4, 0.5) is 24.5 Å². The van der Waals surface area contributed by atoms with Gasteiger partial charge in [0.2, 0.25) is 0 Å². The summed E-state index contributed by atoms with van der Waals surface area (Å²) in [5.41, 5.74) is 2.18. The number of hydrogen-bond acceptors (Lipinski definition) is 4. The molecule has 2 atom stereocenters. The number of fused-ring (bicyclic) bond motifs is 1. The van der Waals surface area contributed by atoms with Crippen molar-refractivity contribution in [1.82, 2.24) is 5.32 Å². The van der Waals surface area contributed by atoms with Crippen molar-refractivity contribution in [2.75, 3.05) is 43.0 Å². The first-order valence-corrected chi connectivity index (χ1v) is 8.95. The normalized spacial score (nSPS) is 16.8. The van der Waals surface area contributed by atoms with Crippen molar-refractivity contribution in [2.24, 2.45) is 0 Å². The summed E-state index contributed by atoms with van der Waals surface area (Å²) in [4.78, 5) is 3.37. The van der Waals surface area contributed by atoms with Crippen LogP contribution in [0.5, 0.6) is 0 Å². The predicted molar refractivity (Wildman–Crippen MR) is 101 cm³/mol. The highest BCUT2D eigenvalue weighted by molar-refractivity contribution is 5.74. The third-order valence-corrected chi connectivity index (χ3v) is 4.77. The molecule has 7 heteroatoms. The fourth-order valence-corrected chi connectivity index (χ4v) is 3.69. The zero-order chi connectivity index (χ0) is 19.4. The number of hydrogen-bond donors (Lipinski definition) is 2. The summed E-state index contributed by atoms with van der Waals surface area (Å²) < 4.78 is 38.9. The van der Waals surface area contributed by atoms with Crippen LogP contribution in [-0.4, -0.2) is 50.6 Å². The SMILES string of the molecule is CNC[C@@H](O)[C@H](c1ccccc1)N1CCN(CC(F)(F)F)c2ccccc21. The zero-order valence-electron chi connectivity index (χ0n) is 15.2. The first kappa shape index (κ1) is 19.5. The van der Waals surface area contributed by atoms with Gasteiger partial charge in [-0.15, -0.1) is 0 Å². The van der Waals surface area contributed by atoms with E-state index in [1.54, 1.807) is 19.2 Å². The van der Waals surface area contributed by atoms with Crippen LogP contribution in [-0.2, 0) is 0 Å². The van der Waals surface area contributed by atoms with Crippen molar-refractivity contribution in [1.29, 1.82) is 0 Å². The van der Waals surface area contributed by atoms with E-state index in [1.807, 2.05) is 47.4 Å². The number of rotatable bonds is 6. The number of alkyl halides is 3. The molecular weight excluding hydrogens is 355 g/mol. The van der Waals surface area contributed by atoms with Gasteiger partial charge in [-0.1, -0.05) is 42.5 Å². The fourth-order valence-electron chi connectivity index (χ4n) is 3.69. The lowest BCUT2D eigenvalue weighted by Crippen LogP contribution is -2.49. The van der Waals surface area contributed by atoms with Crippen molar-refractivity contribution < 1.29 is 18.3 Å². The molecule has 0 aliphatic carbocycles. The summed E-state index contributed by atoms with van der Waals surface area (Å²) in [6, 6.07) is 16.3. The molecule has 0 radical (unpaired) electrons. The van der Waals surface area contributed by atoms with Gasteiger partial charge in [-0.2, -0.15) is 13.2 Å². The first-order valence-electron chi connectivity index (χ1n) is 8.95. The molecule has 1 heterocycles. The molecule has 1 aliphatic heterocycles. The zero-order valence-corrected chi connectivity index (χ0v) is 15.2. The van der Waals surface area contributed by atoms with E-state index in [4.69, 9.17) is 0 Å². The smallest absolute Gasteiger partial charge is 0.389 e. The Labute approximate surface area is 157 Å². The van der Waals surface area contributed by atoms with E-state index < -0.39 is 18.8 Å². The average Bonchev–Trinajstić information content (AvgIpc) is 2.64. The van der Waals surface area contributed by atoms with Crippen LogP contribution < -0.4 is 15.1 Å². The maximum Gasteiger partial charge on any atom is 0.405 e. The van der Waals surface area contributed by atoms with Crippen LogP contribution in [0, 0.1) is 0 Å². The van der Waals surface area contributed by atoms with Crippen LogP contribution in [0.25, 0.3) is 0 Å². The molecule has 4 nitrogen and oxygen atoms in total. The van der Waals surface area contributed by atoms with E-state index >= 15 is 0 Å². The molecule has 1 aliphatic rings. The summed E-state index contributed by atoms with van der Waals surface area (Å²) in [6.45, 7) is 0.0387. The number of aliphatic hydroxyl groups is 1. The second-order valence-corrected chi connectivity index (χ2v) is 6.70. The number of halogens is 3. The Kier molecular flexibility index (Phi) is 5.92. The van der Waals surface area contributed by atoms with Crippen molar-refractivity contribution in [3.63, 3.8) is 0 Å². The maximum absolute atomic E-state index is 13.0. The first-order chi connectivity index (χ1) is 12.9. The summed E-state index contributed by atoms with van der Waals surface area (Å²) >= 11 is 0. The van der Waals surface area contributed by atoms with Crippen molar-refractivity contribution in [3.8, 4) is 0 Å². The van der Waals surface area contributed by atoms with Gasteiger partial charge in [0, 0.05) is 19.6 Å². The lowest BCUT2D eigenvalue weighted by molar-refractivity contribution is -0.119. The second kappa shape index (κ2) is 8.19. The fraction of sp³-hybridized carbons (Fsp3) is 0.400. The number of benzene rings is 2. The van der Waals surface area contributed by atoms with Gasteiger partial charge in [0.25, 0.3) is 0 Å². The minimum absolute atomic E-state index is 0.242. The Morgan fingerprint density at radius 1 is 1.00 bits per heavy atom. The van der Waals surface area contributed by atoms with Crippen molar-refractivity contribution in [2.45, 2.75) is 18.3 Å². The average molecular weight is 379 g/mol. The van der Waals surface area contributed by atoms with Crippen LogP contribution in [0.15, 0.2) is 54.6 Å². The van der Waals surface area contributed by atoms with Gasteiger partial charge < -0.3 is 20.2 Å². The molecule has 0 aromatic heterocycles. The van der Waals surface area contributed by atoms with Gasteiger partial charge in [-0.25, -0.2) is 0 Å². The van der Waals surface area contributed by atoms with Crippen molar-refractivity contribution >= 4 is 11.4 Å². The Morgan fingerprint density at radius 3 is 2.26 bits per heavy atom. The van der Waals surface area contributed by atoms with E-state index in [1.165, 1.54) is 4.90 Å². The Balaban J connectivity index is 1.99. The van der Waals surface area contributed by atoms with E-state index in [2.05, 4.69) is 5.32 Å². The third kappa shape index (κ3) is 4.54. The van der Waals surface area contributed by atoms with Gasteiger partial charge in [0.15, 0.2) is 0 Å². The highest BCUT2D eigenvalue weighted by Gasteiger charge is 2.37. The molecule has 0 bridgehead atoms. The molecule has 146 valence electrons. The van der Waals surface area contributed by atoms with Gasteiger partial charge in [0.05, 0.1) is 23.5 Å². The number of aliphatic hydroxyl groups excluding tert-OH is 1. The minimum atomic E-state index is -4.26. The quantitative estimate of drug-likeness (QED) is 0.809. The van der Waals surface area contributed by atoms with Gasteiger partial charge in [-0.05, 0) is 24.7 Å².